The van der Waals surface area contributed by atoms with Gasteiger partial charge in [0.1, 0.15) is 0 Å². The summed E-state index contributed by atoms with van der Waals surface area (Å²) in [5.74, 6) is 0.125. The zero-order chi connectivity index (χ0) is 13.7. The molecule has 0 bridgehead atoms. The second kappa shape index (κ2) is 6.98. The van der Waals surface area contributed by atoms with Crippen molar-refractivity contribution >= 4 is 21.8 Å². The first-order valence-corrected chi connectivity index (χ1v) is 7.16. The van der Waals surface area contributed by atoms with Crippen LogP contribution in [0.5, 0.6) is 0 Å². The molecule has 1 N–H and O–H groups in total. The van der Waals surface area contributed by atoms with Crippen molar-refractivity contribution in [1.82, 2.24) is 15.2 Å². The highest BCUT2D eigenvalue weighted by atomic mass is 79.9. The molecule has 1 fully saturated rings. The van der Waals surface area contributed by atoms with Crippen molar-refractivity contribution < 1.29 is 9.53 Å². The van der Waals surface area contributed by atoms with Crippen LogP contribution in [-0.4, -0.2) is 48.1 Å². The number of carbonyl (C=O) groups is 1. The summed E-state index contributed by atoms with van der Waals surface area (Å²) in [7, 11) is 0. The molecule has 6 heteroatoms. The number of hydrogen-bond acceptors (Lipinski definition) is 4. The lowest BCUT2D eigenvalue weighted by Gasteiger charge is -2.29. The van der Waals surface area contributed by atoms with Crippen LogP contribution in [-0.2, 0) is 16.1 Å². The van der Waals surface area contributed by atoms with Gasteiger partial charge in [-0.3, -0.25) is 9.78 Å². The van der Waals surface area contributed by atoms with E-state index in [9.17, 15) is 4.79 Å². The number of morpholine rings is 1. The molecule has 0 radical (unpaired) electrons. The van der Waals surface area contributed by atoms with E-state index in [2.05, 4.69) is 26.2 Å². The summed E-state index contributed by atoms with van der Waals surface area (Å²) in [6.07, 6.45) is 1.76. The van der Waals surface area contributed by atoms with Gasteiger partial charge in [0.05, 0.1) is 24.9 Å². The second-order valence-electron chi connectivity index (χ2n) is 4.51. The van der Waals surface area contributed by atoms with Crippen molar-refractivity contribution in [2.24, 2.45) is 0 Å². The molecule has 19 heavy (non-hydrogen) atoms. The Morgan fingerprint density at radius 2 is 2.26 bits per heavy atom. The van der Waals surface area contributed by atoms with Gasteiger partial charge in [0.15, 0.2) is 0 Å². The van der Waals surface area contributed by atoms with Crippen molar-refractivity contribution in [2.75, 3.05) is 26.3 Å². The summed E-state index contributed by atoms with van der Waals surface area (Å²) in [6, 6.07) is 3.67. The summed E-state index contributed by atoms with van der Waals surface area (Å²) < 4.78 is 6.19. The van der Waals surface area contributed by atoms with Crippen LogP contribution in [0.4, 0.5) is 0 Å². The number of nitrogens with zero attached hydrogens (tertiary/aromatic N) is 2. The summed E-state index contributed by atoms with van der Waals surface area (Å²) in [6.45, 7) is 5.10. The molecule has 104 valence electrons. The molecule has 2 heterocycles. The quantitative estimate of drug-likeness (QED) is 0.902. The van der Waals surface area contributed by atoms with Gasteiger partial charge in [0, 0.05) is 30.3 Å². The Morgan fingerprint density at radius 1 is 1.53 bits per heavy atom. The first kappa shape index (κ1) is 14.4. The lowest BCUT2D eigenvalue weighted by atomic mass is 10.2. The van der Waals surface area contributed by atoms with Gasteiger partial charge >= 0.3 is 0 Å². The Labute approximate surface area is 121 Å². The van der Waals surface area contributed by atoms with E-state index in [0.29, 0.717) is 32.8 Å². The fourth-order valence-corrected chi connectivity index (χ4v) is 2.15. The molecule has 0 aliphatic carbocycles. The van der Waals surface area contributed by atoms with E-state index < -0.39 is 0 Å². The molecule has 1 unspecified atom stereocenters. The highest BCUT2D eigenvalue weighted by Crippen LogP contribution is 2.07. The fraction of sp³-hybridized carbons (Fsp3) is 0.538. The number of hydrogen-bond donors (Lipinski definition) is 1. The molecule has 1 amide bonds. The zero-order valence-electron chi connectivity index (χ0n) is 10.9. The molecular formula is C13H18BrN3O2. The molecule has 1 aliphatic heterocycles. The minimum atomic E-state index is -0.205. The van der Waals surface area contributed by atoms with Gasteiger partial charge in [0.2, 0.25) is 5.91 Å². The number of aromatic nitrogens is 1. The van der Waals surface area contributed by atoms with Crippen LogP contribution in [0.1, 0.15) is 12.6 Å². The van der Waals surface area contributed by atoms with Crippen LogP contribution in [0, 0.1) is 0 Å². The van der Waals surface area contributed by atoms with Crippen LogP contribution >= 0.6 is 15.9 Å². The van der Waals surface area contributed by atoms with Crippen molar-refractivity contribution in [1.29, 1.82) is 0 Å². The molecule has 2 rings (SSSR count). The smallest absolute Gasteiger partial charge is 0.239 e. The van der Waals surface area contributed by atoms with E-state index in [4.69, 9.17) is 4.74 Å². The van der Waals surface area contributed by atoms with Crippen LogP contribution in [0.15, 0.2) is 22.8 Å². The topological polar surface area (TPSA) is 54.5 Å². The Hall–Kier alpha value is -0.980. The number of ether oxygens (including phenoxy) is 1. The van der Waals surface area contributed by atoms with Gasteiger partial charge in [0.25, 0.3) is 0 Å². The third-order valence-corrected chi connectivity index (χ3v) is 3.54. The van der Waals surface area contributed by atoms with Crippen molar-refractivity contribution in [3.63, 3.8) is 0 Å². The maximum Gasteiger partial charge on any atom is 0.239 e. The number of rotatable bonds is 4. The van der Waals surface area contributed by atoms with Crippen molar-refractivity contribution in [3.05, 3.63) is 28.5 Å². The summed E-state index contributed by atoms with van der Waals surface area (Å²) in [5, 5.41) is 3.21. The number of amides is 1. The summed E-state index contributed by atoms with van der Waals surface area (Å²) in [5.41, 5.74) is 0.921. The van der Waals surface area contributed by atoms with Crippen LogP contribution in [0.2, 0.25) is 0 Å². The standard InChI is InChI=1S/C13H18BrN3O2/c1-10(13(18)17-4-6-19-7-5-17)15-9-12-3-2-11(14)8-16-12/h2-3,8,10,15H,4-7,9H2,1H3. The minimum absolute atomic E-state index is 0.125. The monoisotopic (exact) mass is 327 g/mol. The molecule has 1 aromatic heterocycles. The Kier molecular flexibility index (Phi) is 5.30. The van der Waals surface area contributed by atoms with Crippen LogP contribution in [0.25, 0.3) is 0 Å². The molecule has 1 atom stereocenters. The number of carbonyl (C=O) groups excluding carboxylic acids is 1. The molecule has 5 nitrogen and oxygen atoms in total. The number of nitrogens with one attached hydrogen (secondary N) is 1. The summed E-state index contributed by atoms with van der Waals surface area (Å²) >= 11 is 3.35. The van der Waals surface area contributed by atoms with Crippen LogP contribution < -0.4 is 5.32 Å². The molecule has 0 aromatic carbocycles. The maximum absolute atomic E-state index is 12.2. The Balaban J connectivity index is 1.81. The largest absolute Gasteiger partial charge is 0.378 e. The van der Waals surface area contributed by atoms with E-state index in [1.807, 2.05) is 24.0 Å². The Bertz CT molecular complexity index is 418. The third kappa shape index (κ3) is 4.26. The van der Waals surface area contributed by atoms with E-state index in [1.54, 1.807) is 6.20 Å². The van der Waals surface area contributed by atoms with Gasteiger partial charge in [-0.2, -0.15) is 0 Å². The highest BCUT2D eigenvalue weighted by Gasteiger charge is 2.21. The summed E-state index contributed by atoms with van der Waals surface area (Å²) in [4.78, 5) is 18.3. The van der Waals surface area contributed by atoms with Crippen molar-refractivity contribution in [3.8, 4) is 0 Å². The van der Waals surface area contributed by atoms with Crippen LogP contribution in [0.3, 0.4) is 0 Å². The molecule has 1 aliphatic rings. The zero-order valence-corrected chi connectivity index (χ0v) is 12.5. The minimum Gasteiger partial charge on any atom is -0.378 e. The van der Waals surface area contributed by atoms with E-state index >= 15 is 0 Å². The lowest BCUT2D eigenvalue weighted by molar-refractivity contribution is -0.137. The van der Waals surface area contributed by atoms with Gasteiger partial charge in [-0.25, -0.2) is 0 Å². The maximum atomic E-state index is 12.2. The number of pyridine rings is 1. The molecule has 1 saturated heterocycles. The average molecular weight is 328 g/mol. The van der Waals surface area contributed by atoms with Gasteiger partial charge in [-0.1, -0.05) is 0 Å². The van der Waals surface area contributed by atoms with Gasteiger partial charge in [-0.15, -0.1) is 0 Å². The van der Waals surface area contributed by atoms with Gasteiger partial charge in [-0.05, 0) is 35.0 Å². The molecule has 0 spiro atoms. The second-order valence-corrected chi connectivity index (χ2v) is 5.42. The van der Waals surface area contributed by atoms with Crippen molar-refractivity contribution in [2.45, 2.75) is 19.5 Å². The highest BCUT2D eigenvalue weighted by molar-refractivity contribution is 9.10. The Morgan fingerprint density at radius 3 is 2.89 bits per heavy atom. The molecular weight excluding hydrogens is 310 g/mol. The first-order valence-electron chi connectivity index (χ1n) is 6.37. The van der Waals surface area contributed by atoms with E-state index in [0.717, 1.165) is 10.2 Å². The van der Waals surface area contributed by atoms with Gasteiger partial charge < -0.3 is 15.0 Å². The fourth-order valence-electron chi connectivity index (χ4n) is 1.91. The predicted molar refractivity (Wildman–Crippen MR) is 75.6 cm³/mol. The SMILES string of the molecule is CC(NCc1ccc(Br)cn1)C(=O)N1CCOCC1. The normalized spacial score (nSPS) is 17.3. The van der Waals surface area contributed by atoms with E-state index in [-0.39, 0.29) is 11.9 Å². The van der Waals surface area contributed by atoms with E-state index in [1.165, 1.54) is 0 Å². The average Bonchev–Trinajstić information content (AvgIpc) is 2.46. The lowest BCUT2D eigenvalue weighted by Crippen LogP contribution is -2.49. The predicted octanol–water partition coefficient (Wildman–Crippen LogP) is 1.18. The third-order valence-electron chi connectivity index (χ3n) is 3.07. The number of halogens is 1. The molecule has 1 aromatic rings. The molecule has 0 saturated carbocycles. The first-order chi connectivity index (χ1) is 9.16.